The van der Waals surface area contributed by atoms with Crippen molar-refractivity contribution < 1.29 is 0 Å². The maximum Gasteiger partial charge on any atom is 0.272 e. The fraction of sp³-hybridized carbons (Fsp3) is 0.600. The minimum Gasteiger partial charge on any atom is -0.316 e. The Bertz CT molecular complexity index is 649. The molecule has 108 valence electrons. The first-order valence-electron chi connectivity index (χ1n) is 7.46. The summed E-state index contributed by atoms with van der Waals surface area (Å²) < 4.78 is 1.54. The van der Waals surface area contributed by atoms with E-state index in [1.807, 2.05) is 6.20 Å². The van der Waals surface area contributed by atoms with Crippen molar-refractivity contribution in [2.24, 2.45) is 5.92 Å². The highest BCUT2D eigenvalue weighted by molar-refractivity contribution is 5.48. The predicted molar refractivity (Wildman–Crippen MR) is 79.2 cm³/mol. The van der Waals surface area contributed by atoms with Crippen LogP contribution in [0.4, 0.5) is 0 Å². The highest BCUT2D eigenvalue weighted by Gasteiger charge is 2.16. The minimum absolute atomic E-state index is 0.0133. The summed E-state index contributed by atoms with van der Waals surface area (Å²) in [6.07, 6.45) is 5.22. The van der Waals surface area contributed by atoms with Crippen LogP contribution in [0.5, 0.6) is 0 Å². The van der Waals surface area contributed by atoms with Crippen LogP contribution in [0.25, 0.3) is 5.65 Å². The summed E-state index contributed by atoms with van der Waals surface area (Å²) in [5.41, 5.74) is 2.79. The van der Waals surface area contributed by atoms with E-state index >= 15 is 0 Å². The summed E-state index contributed by atoms with van der Waals surface area (Å²) in [6, 6.07) is 1.67. The molecule has 3 rings (SSSR count). The van der Waals surface area contributed by atoms with Crippen LogP contribution in [0.3, 0.4) is 0 Å². The van der Waals surface area contributed by atoms with Gasteiger partial charge in [-0.1, -0.05) is 13.8 Å². The van der Waals surface area contributed by atoms with E-state index in [4.69, 9.17) is 4.98 Å². The van der Waals surface area contributed by atoms with Gasteiger partial charge in [-0.25, -0.2) is 9.50 Å². The molecule has 0 spiro atoms. The molecule has 1 atom stereocenters. The molecule has 0 aromatic carbocycles. The fourth-order valence-corrected chi connectivity index (χ4v) is 2.97. The molecule has 1 fully saturated rings. The van der Waals surface area contributed by atoms with Crippen LogP contribution in [-0.4, -0.2) is 27.7 Å². The van der Waals surface area contributed by atoms with E-state index in [0.717, 1.165) is 36.4 Å². The normalized spacial score (nSPS) is 19.9. The van der Waals surface area contributed by atoms with Crippen LogP contribution in [0.15, 0.2) is 17.1 Å². The molecular weight excluding hydrogens is 252 g/mol. The van der Waals surface area contributed by atoms with Gasteiger partial charge in [-0.15, -0.1) is 0 Å². The van der Waals surface area contributed by atoms with Gasteiger partial charge in [-0.2, -0.15) is 0 Å². The average Bonchev–Trinajstić information content (AvgIpc) is 2.84. The smallest absolute Gasteiger partial charge is 0.272 e. The van der Waals surface area contributed by atoms with Crippen molar-refractivity contribution in [2.75, 3.05) is 13.1 Å². The van der Waals surface area contributed by atoms with E-state index in [-0.39, 0.29) is 5.56 Å². The quantitative estimate of drug-likeness (QED) is 0.895. The zero-order valence-electron chi connectivity index (χ0n) is 12.1. The van der Waals surface area contributed by atoms with Crippen molar-refractivity contribution in [1.82, 2.24) is 19.9 Å². The van der Waals surface area contributed by atoms with Crippen LogP contribution < -0.4 is 10.9 Å². The number of fused-ring (bicyclic) bond motifs is 1. The maximum atomic E-state index is 12.2. The average molecular weight is 274 g/mol. The second kappa shape index (κ2) is 5.40. The number of hydrogen-bond acceptors (Lipinski definition) is 3. The first-order valence-corrected chi connectivity index (χ1v) is 7.46. The van der Waals surface area contributed by atoms with Gasteiger partial charge in [-0.05, 0) is 44.2 Å². The molecule has 2 N–H and O–H groups in total. The van der Waals surface area contributed by atoms with Gasteiger partial charge in [0.05, 0.1) is 0 Å². The van der Waals surface area contributed by atoms with Gasteiger partial charge in [0.1, 0.15) is 0 Å². The highest BCUT2D eigenvalue weighted by Crippen LogP contribution is 2.19. The van der Waals surface area contributed by atoms with E-state index < -0.39 is 0 Å². The molecule has 0 radical (unpaired) electrons. The Morgan fingerprint density at radius 1 is 1.50 bits per heavy atom. The largest absolute Gasteiger partial charge is 0.316 e. The molecule has 1 unspecified atom stereocenters. The molecule has 0 amide bonds. The molecule has 0 saturated carbocycles. The van der Waals surface area contributed by atoms with Gasteiger partial charge in [0.25, 0.3) is 5.56 Å². The number of rotatable bonds is 3. The van der Waals surface area contributed by atoms with Gasteiger partial charge in [0.15, 0.2) is 5.65 Å². The van der Waals surface area contributed by atoms with Gasteiger partial charge >= 0.3 is 0 Å². The summed E-state index contributed by atoms with van der Waals surface area (Å²) in [5.74, 6) is 0.953. The lowest BCUT2D eigenvalue weighted by Gasteiger charge is -2.22. The lowest BCUT2D eigenvalue weighted by atomic mass is 9.94. The number of piperidine rings is 1. The second-order valence-corrected chi connectivity index (χ2v) is 6.04. The summed E-state index contributed by atoms with van der Waals surface area (Å²) >= 11 is 0. The van der Waals surface area contributed by atoms with Gasteiger partial charge in [-0.3, -0.25) is 9.89 Å². The van der Waals surface area contributed by atoms with Crippen LogP contribution in [0, 0.1) is 5.92 Å². The first-order chi connectivity index (χ1) is 9.65. The molecular formula is C15H22N4O. The number of nitrogens with one attached hydrogen (secondary N) is 2. The molecule has 2 aromatic heterocycles. The van der Waals surface area contributed by atoms with Crippen LogP contribution in [-0.2, 0) is 6.42 Å². The Labute approximate surface area is 118 Å². The van der Waals surface area contributed by atoms with E-state index in [1.54, 1.807) is 6.07 Å². The number of nitrogens with zero attached hydrogens (tertiary/aromatic N) is 2. The predicted octanol–water partition coefficient (Wildman–Crippen LogP) is 1.69. The van der Waals surface area contributed by atoms with Crippen molar-refractivity contribution in [2.45, 2.75) is 39.0 Å². The van der Waals surface area contributed by atoms with Gasteiger partial charge < -0.3 is 5.32 Å². The summed E-state index contributed by atoms with van der Waals surface area (Å²) in [4.78, 5) is 16.9. The Hall–Kier alpha value is -1.62. The lowest BCUT2D eigenvalue weighted by molar-refractivity contribution is 0.373. The molecule has 5 nitrogen and oxygen atoms in total. The van der Waals surface area contributed by atoms with Gasteiger partial charge in [0, 0.05) is 23.5 Å². The maximum absolute atomic E-state index is 12.2. The summed E-state index contributed by atoms with van der Waals surface area (Å²) in [5, 5.41) is 6.41. The Balaban J connectivity index is 1.95. The number of aromatic nitrogens is 3. The standard InChI is InChI=1S/C15H22N4O/c1-10(2)13-9-17-19-14(20)7-12(18-15(13)19)6-11-4-3-5-16-8-11/h7,9-11,16-17H,3-6,8H2,1-2H3. The van der Waals surface area contributed by atoms with Crippen molar-refractivity contribution in [1.29, 1.82) is 0 Å². The SMILES string of the molecule is CC(C)c1c[nH]n2c(=O)cc(CC3CCCNC3)nc12. The number of aromatic amines is 1. The lowest BCUT2D eigenvalue weighted by Crippen LogP contribution is -2.31. The van der Waals surface area contributed by atoms with E-state index in [2.05, 4.69) is 24.3 Å². The van der Waals surface area contributed by atoms with E-state index in [0.29, 0.717) is 11.8 Å². The molecule has 1 saturated heterocycles. The first kappa shape index (κ1) is 13.4. The molecule has 1 aliphatic rings. The summed E-state index contributed by atoms with van der Waals surface area (Å²) in [6.45, 7) is 6.38. The van der Waals surface area contributed by atoms with E-state index in [1.165, 1.54) is 17.4 Å². The fourth-order valence-electron chi connectivity index (χ4n) is 2.97. The zero-order chi connectivity index (χ0) is 14.1. The molecule has 20 heavy (non-hydrogen) atoms. The molecule has 5 heteroatoms. The monoisotopic (exact) mass is 274 g/mol. The highest BCUT2D eigenvalue weighted by atomic mass is 16.1. The minimum atomic E-state index is -0.0133. The van der Waals surface area contributed by atoms with Crippen LogP contribution in [0.1, 0.15) is 43.9 Å². The topological polar surface area (TPSA) is 62.2 Å². The Morgan fingerprint density at radius 2 is 2.35 bits per heavy atom. The van der Waals surface area contributed by atoms with Crippen LogP contribution in [0.2, 0.25) is 0 Å². The third-order valence-electron chi connectivity index (χ3n) is 4.10. The molecule has 3 heterocycles. The van der Waals surface area contributed by atoms with Crippen molar-refractivity contribution in [3.63, 3.8) is 0 Å². The van der Waals surface area contributed by atoms with Crippen molar-refractivity contribution in [3.05, 3.63) is 33.9 Å². The van der Waals surface area contributed by atoms with Crippen LogP contribution >= 0.6 is 0 Å². The third kappa shape index (κ3) is 2.50. The van der Waals surface area contributed by atoms with E-state index in [9.17, 15) is 4.79 Å². The second-order valence-electron chi connectivity index (χ2n) is 6.04. The zero-order valence-corrected chi connectivity index (χ0v) is 12.1. The number of H-pyrrole nitrogens is 1. The Kier molecular flexibility index (Phi) is 3.61. The van der Waals surface area contributed by atoms with Gasteiger partial charge in [0.2, 0.25) is 0 Å². The van der Waals surface area contributed by atoms with Crippen molar-refractivity contribution in [3.8, 4) is 0 Å². The summed E-state index contributed by atoms with van der Waals surface area (Å²) in [7, 11) is 0. The van der Waals surface area contributed by atoms with Crippen molar-refractivity contribution >= 4 is 5.65 Å². The third-order valence-corrected chi connectivity index (χ3v) is 4.10. The molecule has 1 aliphatic heterocycles. The number of hydrogen-bond donors (Lipinski definition) is 2. The Morgan fingerprint density at radius 3 is 3.05 bits per heavy atom. The molecule has 0 bridgehead atoms. The molecule has 0 aliphatic carbocycles. The molecule has 2 aromatic rings.